The van der Waals surface area contributed by atoms with Crippen molar-refractivity contribution in [3.63, 3.8) is 0 Å². The molecule has 0 aromatic rings. The van der Waals surface area contributed by atoms with Crippen LogP contribution in [0, 0.1) is 12.3 Å². The van der Waals surface area contributed by atoms with Gasteiger partial charge in [0.05, 0.1) is 6.04 Å². The Balaban J connectivity index is 2.38. The number of urea groups is 1. The van der Waals surface area contributed by atoms with Crippen LogP contribution in [0.1, 0.15) is 13.3 Å². The van der Waals surface area contributed by atoms with Crippen LogP contribution in [-0.2, 0) is 0 Å². The third-order valence-corrected chi connectivity index (χ3v) is 4.16. The van der Waals surface area contributed by atoms with E-state index < -0.39 is 5.54 Å². The second-order valence-electron chi connectivity index (χ2n) is 3.83. The summed E-state index contributed by atoms with van der Waals surface area (Å²) in [7, 11) is 0. The molecule has 5 heteroatoms. The topological polar surface area (TPSA) is 58.7 Å². The largest absolute Gasteiger partial charge is 0.385 e. The fourth-order valence-corrected chi connectivity index (χ4v) is 3.52. The van der Waals surface area contributed by atoms with E-state index in [2.05, 4.69) is 10.9 Å². The maximum atomic E-state index is 11.7. The lowest BCUT2D eigenvalue weighted by atomic mass is 9.95. The third kappa shape index (κ3) is 1.32. The Hall–Kier alpha value is -1.15. The summed E-state index contributed by atoms with van der Waals surface area (Å²) in [5, 5.41) is 0. The highest BCUT2D eigenvalue weighted by atomic mass is 32.2. The van der Waals surface area contributed by atoms with Gasteiger partial charge in [0.15, 0.2) is 0 Å². The number of thioether (sulfide) groups is 1. The molecule has 2 amide bonds. The van der Waals surface area contributed by atoms with Crippen LogP contribution in [0.3, 0.4) is 0 Å². The molecule has 2 N–H and O–H groups in total. The van der Waals surface area contributed by atoms with Crippen molar-refractivity contribution in [1.29, 1.82) is 0 Å². The van der Waals surface area contributed by atoms with Gasteiger partial charge in [-0.3, -0.25) is 4.90 Å². The molecule has 2 unspecified atom stereocenters. The molecule has 80 valence electrons. The first-order valence-corrected chi connectivity index (χ1v) is 5.99. The molecule has 1 fully saturated rings. The molecule has 0 aromatic carbocycles. The Morgan fingerprint density at radius 1 is 1.80 bits per heavy atom. The lowest BCUT2D eigenvalue weighted by Gasteiger charge is -2.35. The van der Waals surface area contributed by atoms with Gasteiger partial charge in [-0.25, -0.2) is 4.79 Å². The quantitative estimate of drug-likeness (QED) is 0.665. The van der Waals surface area contributed by atoms with Crippen LogP contribution < -0.4 is 5.73 Å². The number of carbonyl (C=O) groups is 1. The van der Waals surface area contributed by atoms with E-state index in [0.29, 0.717) is 5.84 Å². The van der Waals surface area contributed by atoms with Gasteiger partial charge in [0.2, 0.25) is 0 Å². The molecule has 2 atom stereocenters. The van der Waals surface area contributed by atoms with Crippen LogP contribution in [0.15, 0.2) is 4.99 Å². The van der Waals surface area contributed by atoms with E-state index in [1.807, 2.05) is 6.92 Å². The van der Waals surface area contributed by atoms with Gasteiger partial charge >= 0.3 is 6.03 Å². The highest BCUT2D eigenvalue weighted by molar-refractivity contribution is 7.99. The number of carbonyl (C=O) groups excluding carboxylic acids is 1. The summed E-state index contributed by atoms with van der Waals surface area (Å²) in [6.07, 6.45) is 6.22. The second kappa shape index (κ2) is 3.46. The van der Waals surface area contributed by atoms with Crippen LogP contribution in [-0.4, -0.2) is 39.9 Å². The first-order valence-electron chi connectivity index (χ1n) is 4.83. The summed E-state index contributed by atoms with van der Waals surface area (Å²) in [5.41, 5.74) is 5.44. The minimum Gasteiger partial charge on any atom is -0.385 e. The van der Waals surface area contributed by atoms with Crippen molar-refractivity contribution >= 4 is 23.6 Å². The first kappa shape index (κ1) is 10.4. The first-order chi connectivity index (χ1) is 7.12. The van der Waals surface area contributed by atoms with E-state index in [4.69, 9.17) is 12.2 Å². The maximum absolute atomic E-state index is 11.7. The molecule has 0 radical (unpaired) electrons. The molecule has 2 aliphatic heterocycles. The number of hydrogen-bond acceptors (Lipinski definition) is 3. The van der Waals surface area contributed by atoms with Gasteiger partial charge in [-0.2, -0.15) is 16.8 Å². The number of aliphatic imine (C=N–C) groups is 1. The number of terminal acetylenes is 1. The van der Waals surface area contributed by atoms with Gasteiger partial charge in [-0.1, -0.05) is 5.92 Å². The Morgan fingerprint density at radius 3 is 3.07 bits per heavy atom. The van der Waals surface area contributed by atoms with Crippen molar-refractivity contribution in [2.24, 2.45) is 10.7 Å². The summed E-state index contributed by atoms with van der Waals surface area (Å²) in [6, 6.07) is -0.540. The fraction of sp³-hybridized carbons (Fsp3) is 0.600. The minimum absolute atomic E-state index is 0.249. The number of amidine groups is 1. The SMILES string of the molecule is C#CC(C)N1C(=O)N=C(N)C12CCSC2. The molecule has 1 saturated heterocycles. The zero-order valence-electron chi connectivity index (χ0n) is 8.56. The van der Waals surface area contributed by atoms with Crippen LogP contribution in [0.5, 0.6) is 0 Å². The van der Waals surface area contributed by atoms with Crippen molar-refractivity contribution in [2.45, 2.75) is 24.9 Å². The number of nitrogens with two attached hydrogens (primary N) is 1. The number of rotatable bonds is 1. The van der Waals surface area contributed by atoms with Gasteiger partial charge in [0, 0.05) is 5.75 Å². The molecule has 2 aliphatic rings. The maximum Gasteiger partial charge on any atom is 0.347 e. The molecular formula is C10H13N3OS. The zero-order chi connectivity index (χ0) is 11.1. The predicted molar refractivity (Wildman–Crippen MR) is 61.8 cm³/mol. The van der Waals surface area contributed by atoms with Crippen LogP contribution >= 0.6 is 11.8 Å². The lowest BCUT2D eigenvalue weighted by molar-refractivity contribution is 0.170. The number of amides is 2. The van der Waals surface area contributed by atoms with Crippen molar-refractivity contribution in [3.8, 4) is 12.3 Å². The molecule has 0 aliphatic carbocycles. The van der Waals surface area contributed by atoms with Gasteiger partial charge < -0.3 is 5.73 Å². The Morgan fingerprint density at radius 2 is 2.53 bits per heavy atom. The van der Waals surface area contributed by atoms with E-state index in [9.17, 15) is 4.79 Å². The molecule has 15 heavy (non-hydrogen) atoms. The molecule has 2 rings (SSSR count). The van der Waals surface area contributed by atoms with Gasteiger partial charge in [-0.05, 0) is 19.1 Å². The van der Waals surface area contributed by atoms with Crippen LogP contribution in [0.2, 0.25) is 0 Å². The van der Waals surface area contributed by atoms with Crippen LogP contribution in [0.25, 0.3) is 0 Å². The molecular weight excluding hydrogens is 210 g/mol. The van der Waals surface area contributed by atoms with E-state index in [0.717, 1.165) is 17.9 Å². The fourth-order valence-electron chi connectivity index (χ4n) is 2.12. The summed E-state index contributed by atoms with van der Waals surface area (Å²) in [6.45, 7) is 1.83. The van der Waals surface area contributed by atoms with Gasteiger partial charge in [0.25, 0.3) is 0 Å². The predicted octanol–water partition coefficient (Wildman–Crippen LogP) is 0.677. The molecule has 0 bridgehead atoms. The van der Waals surface area contributed by atoms with Crippen molar-refractivity contribution < 1.29 is 4.79 Å². The van der Waals surface area contributed by atoms with Gasteiger partial charge in [0.1, 0.15) is 11.4 Å². The normalized spacial score (nSPS) is 31.9. The molecule has 0 aromatic heterocycles. The molecule has 4 nitrogen and oxygen atoms in total. The number of nitrogens with zero attached hydrogens (tertiary/aromatic N) is 2. The average molecular weight is 223 g/mol. The average Bonchev–Trinajstić information content (AvgIpc) is 2.75. The summed E-state index contributed by atoms with van der Waals surface area (Å²) < 4.78 is 0. The Kier molecular flexibility index (Phi) is 2.39. The Labute approximate surface area is 93.3 Å². The smallest absolute Gasteiger partial charge is 0.347 e. The summed E-state index contributed by atoms with van der Waals surface area (Å²) in [4.78, 5) is 17.2. The Bertz CT molecular complexity index is 365. The second-order valence-corrected chi connectivity index (χ2v) is 4.93. The lowest BCUT2D eigenvalue weighted by Crippen LogP contribution is -2.57. The highest BCUT2D eigenvalue weighted by Gasteiger charge is 2.51. The van der Waals surface area contributed by atoms with Crippen molar-refractivity contribution in [1.82, 2.24) is 4.90 Å². The van der Waals surface area contributed by atoms with E-state index in [1.54, 1.807) is 16.7 Å². The van der Waals surface area contributed by atoms with Crippen molar-refractivity contribution in [3.05, 3.63) is 0 Å². The van der Waals surface area contributed by atoms with Crippen molar-refractivity contribution in [2.75, 3.05) is 11.5 Å². The summed E-state index contributed by atoms with van der Waals surface area (Å²) >= 11 is 1.78. The van der Waals surface area contributed by atoms with E-state index in [-0.39, 0.29) is 12.1 Å². The van der Waals surface area contributed by atoms with E-state index in [1.165, 1.54) is 0 Å². The van der Waals surface area contributed by atoms with Gasteiger partial charge in [-0.15, -0.1) is 6.42 Å². The standard InChI is InChI=1S/C10H13N3OS/c1-3-7(2)13-9(14)12-8(11)10(13)4-5-15-6-10/h1,7H,4-6H2,2H3,(H2,11,12,14). The molecule has 1 spiro atoms. The van der Waals surface area contributed by atoms with Crippen LogP contribution in [0.4, 0.5) is 4.79 Å². The number of hydrogen-bond donors (Lipinski definition) is 1. The highest BCUT2D eigenvalue weighted by Crippen LogP contribution is 2.38. The molecule has 0 saturated carbocycles. The van der Waals surface area contributed by atoms with E-state index >= 15 is 0 Å². The zero-order valence-corrected chi connectivity index (χ0v) is 9.38. The monoisotopic (exact) mass is 223 g/mol. The third-order valence-electron chi connectivity index (χ3n) is 2.99. The molecule has 2 heterocycles. The summed E-state index contributed by atoms with van der Waals surface area (Å²) in [5.74, 6) is 4.81. The minimum atomic E-state index is -0.409.